The van der Waals surface area contributed by atoms with Gasteiger partial charge in [-0.25, -0.2) is 9.97 Å². The van der Waals surface area contributed by atoms with Gasteiger partial charge in [0.1, 0.15) is 11.3 Å². The van der Waals surface area contributed by atoms with Gasteiger partial charge < -0.3 is 15.3 Å². The highest BCUT2D eigenvalue weighted by Crippen LogP contribution is 2.26. The lowest BCUT2D eigenvalue weighted by Gasteiger charge is -1.97. The number of aromatic nitrogens is 4. The van der Waals surface area contributed by atoms with Crippen molar-refractivity contribution in [2.45, 2.75) is 0 Å². The number of amides is 1. The summed E-state index contributed by atoms with van der Waals surface area (Å²) in [5, 5.41) is 2.66. The average molecular weight is 277 g/mol. The van der Waals surface area contributed by atoms with Crippen molar-refractivity contribution in [3.63, 3.8) is 0 Å². The maximum Gasteiger partial charge on any atom is 0.211 e. The summed E-state index contributed by atoms with van der Waals surface area (Å²) < 4.78 is 0. The molecule has 0 radical (unpaired) electrons. The smallest absolute Gasteiger partial charge is 0.211 e. The molecule has 4 aromatic rings. The number of aromatic amines is 2. The van der Waals surface area contributed by atoms with E-state index in [1.165, 1.54) is 0 Å². The van der Waals surface area contributed by atoms with Gasteiger partial charge in [0.25, 0.3) is 0 Å². The molecule has 0 atom stereocenters. The molecule has 0 unspecified atom stereocenters. The van der Waals surface area contributed by atoms with E-state index in [2.05, 4.69) is 25.3 Å². The van der Waals surface area contributed by atoms with Crippen LogP contribution in [0, 0.1) is 0 Å². The van der Waals surface area contributed by atoms with Gasteiger partial charge in [0.15, 0.2) is 0 Å². The van der Waals surface area contributed by atoms with Crippen molar-refractivity contribution in [1.29, 1.82) is 0 Å². The number of benzene rings is 2. The number of hydrogen-bond acceptors (Lipinski definition) is 3. The third-order valence-electron chi connectivity index (χ3n) is 3.42. The fourth-order valence-corrected chi connectivity index (χ4v) is 2.43. The molecule has 0 saturated heterocycles. The summed E-state index contributed by atoms with van der Waals surface area (Å²) >= 11 is 0. The predicted octanol–water partition coefficient (Wildman–Crippen LogP) is 2.67. The molecule has 0 bridgehead atoms. The van der Waals surface area contributed by atoms with E-state index >= 15 is 0 Å². The fourth-order valence-electron chi connectivity index (χ4n) is 2.43. The van der Waals surface area contributed by atoms with Crippen LogP contribution in [0.15, 0.2) is 42.7 Å². The zero-order chi connectivity index (χ0) is 14.2. The molecule has 0 aliphatic rings. The van der Waals surface area contributed by atoms with Crippen LogP contribution in [0.25, 0.3) is 33.5 Å². The Hall–Kier alpha value is -3.15. The van der Waals surface area contributed by atoms with Gasteiger partial charge in [0, 0.05) is 5.56 Å². The number of carbonyl (C=O) groups excluding carboxylic acids is 1. The number of rotatable bonds is 3. The molecule has 6 heteroatoms. The standard InChI is InChI=1S/C15H11N5O/c21-8-18-11-2-1-3-12-14(11)20-15(19-12)9-4-5-10-13(6-9)17-7-16-10/h1-8H,(H,16,17)(H,18,21)(H,19,20). The molecule has 0 spiro atoms. The number of carbonyl (C=O) groups is 1. The molecule has 4 rings (SSSR count). The highest BCUT2D eigenvalue weighted by atomic mass is 16.1. The van der Waals surface area contributed by atoms with Crippen LogP contribution in [0.5, 0.6) is 0 Å². The minimum atomic E-state index is 0.653. The molecule has 0 aliphatic carbocycles. The quantitative estimate of drug-likeness (QED) is 0.503. The van der Waals surface area contributed by atoms with E-state index < -0.39 is 0 Å². The molecule has 3 N–H and O–H groups in total. The minimum Gasteiger partial charge on any atom is -0.345 e. The largest absolute Gasteiger partial charge is 0.345 e. The maximum absolute atomic E-state index is 10.7. The Morgan fingerprint density at radius 1 is 1.14 bits per heavy atom. The van der Waals surface area contributed by atoms with Gasteiger partial charge in [-0.2, -0.15) is 0 Å². The van der Waals surface area contributed by atoms with Crippen molar-refractivity contribution in [2.75, 3.05) is 5.32 Å². The summed E-state index contributed by atoms with van der Waals surface area (Å²) in [6.07, 6.45) is 2.32. The second kappa shape index (κ2) is 4.45. The van der Waals surface area contributed by atoms with Crippen LogP contribution in [0.2, 0.25) is 0 Å². The molecule has 2 aromatic heterocycles. The minimum absolute atomic E-state index is 0.653. The molecule has 0 saturated carbocycles. The van der Waals surface area contributed by atoms with Gasteiger partial charge in [-0.3, -0.25) is 4.79 Å². The summed E-state index contributed by atoms with van der Waals surface area (Å²) in [6.45, 7) is 0. The van der Waals surface area contributed by atoms with Crippen LogP contribution < -0.4 is 5.32 Å². The van der Waals surface area contributed by atoms with E-state index in [-0.39, 0.29) is 0 Å². The Labute approximate surface area is 119 Å². The Bertz CT molecular complexity index is 953. The topological polar surface area (TPSA) is 86.5 Å². The van der Waals surface area contributed by atoms with Crippen molar-refractivity contribution in [1.82, 2.24) is 19.9 Å². The highest BCUT2D eigenvalue weighted by molar-refractivity contribution is 5.94. The van der Waals surface area contributed by atoms with Crippen LogP contribution in [-0.2, 0) is 4.79 Å². The molecule has 21 heavy (non-hydrogen) atoms. The molecule has 0 fully saturated rings. The molecule has 102 valence electrons. The zero-order valence-electron chi connectivity index (χ0n) is 10.9. The number of para-hydroxylation sites is 1. The number of nitrogens with zero attached hydrogens (tertiary/aromatic N) is 2. The summed E-state index contributed by atoms with van der Waals surface area (Å²) in [7, 11) is 0. The first kappa shape index (κ1) is 11.7. The van der Waals surface area contributed by atoms with Crippen molar-refractivity contribution < 1.29 is 4.79 Å². The lowest BCUT2D eigenvalue weighted by molar-refractivity contribution is -0.105. The maximum atomic E-state index is 10.7. The van der Waals surface area contributed by atoms with Gasteiger partial charge in [0.05, 0.1) is 28.6 Å². The first-order valence-electron chi connectivity index (χ1n) is 6.47. The van der Waals surface area contributed by atoms with E-state index in [0.29, 0.717) is 12.1 Å². The third kappa shape index (κ3) is 1.85. The normalized spacial score (nSPS) is 11.0. The first-order valence-corrected chi connectivity index (χ1v) is 6.47. The van der Waals surface area contributed by atoms with Crippen molar-refractivity contribution in [3.8, 4) is 11.4 Å². The molecule has 2 heterocycles. The highest BCUT2D eigenvalue weighted by Gasteiger charge is 2.09. The number of anilines is 1. The second-order valence-corrected chi connectivity index (χ2v) is 4.68. The molecular weight excluding hydrogens is 266 g/mol. The summed E-state index contributed by atoms with van der Waals surface area (Å²) in [6, 6.07) is 11.5. The summed E-state index contributed by atoms with van der Waals surface area (Å²) in [5.41, 5.74) is 5.14. The Morgan fingerprint density at radius 2 is 2.10 bits per heavy atom. The molecule has 6 nitrogen and oxygen atoms in total. The predicted molar refractivity (Wildman–Crippen MR) is 80.9 cm³/mol. The van der Waals surface area contributed by atoms with E-state index in [1.807, 2.05) is 36.4 Å². The van der Waals surface area contributed by atoms with Crippen LogP contribution in [0.4, 0.5) is 5.69 Å². The van der Waals surface area contributed by atoms with Gasteiger partial charge in [-0.05, 0) is 30.3 Å². The number of H-pyrrole nitrogens is 2. The average Bonchev–Trinajstić information content (AvgIpc) is 3.13. The fraction of sp³-hybridized carbons (Fsp3) is 0. The SMILES string of the molecule is O=CNc1cccc2[nH]c(-c3ccc4nc[nH]c4c3)nc12. The lowest BCUT2D eigenvalue weighted by Crippen LogP contribution is -1.93. The zero-order valence-corrected chi connectivity index (χ0v) is 10.9. The van der Waals surface area contributed by atoms with E-state index in [1.54, 1.807) is 6.33 Å². The van der Waals surface area contributed by atoms with Crippen molar-refractivity contribution in [2.24, 2.45) is 0 Å². The third-order valence-corrected chi connectivity index (χ3v) is 3.42. The van der Waals surface area contributed by atoms with Crippen molar-refractivity contribution in [3.05, 3.63) is 42.7 Å². The summed E-state index contributed by atoms with van der Waals surface area (Å²) in [4.78, 5) is 25.8. The number of nitrogens with one attached hydrogen (secondary N) is 3. The van der Waals surface area contributed by atoms with E-state index in [4.69, 9.17) is 0 Å². The molecule has 2 aromatic carbocycles. The van der Waals surface area contributed by atoms with Crippen LogP contribution in [0.3, 0.4) is 0 Å². The van der Waals surface area contributed by atoms with Gasteiger partial charge >= 0.3 is 0 Å². The van der Waals surface area contributed by atoms with E-state index in [9.17, 15) is 4.79 Å². The van der Waals surface area contributed by atoms with Crippen LogP contribution in [-0.4, -0.2) is 26.3 Å². The Morgan fingerprint density at radius 3 is 3.00 bits per heavy atom. The number of imidazole rings is 2. The van der Waals surface area contributed by atoms with Crippen LogP contribution in [0.1, 0.15) is 0 Å². The van der Waals surface area contributed by atoms with Crippen LogP contribution >= 0.6 is 0 Å². The van der Waals surface area contributed by atoms with E-state index in [0.717, 1.165) is 33.5 Å². The summed E-state index contributed by atoms with van der Waals surface area (Å²) in [5.74, 6) is 0.752. The monoisotopic (exact) mass is 277 g/mol. The van der Waals surface area contributed by atoms with Crippen molar-refractivity contribution >= 4 is 34.2 Å². The Kier molecular flexibility index (Phi) is 2.47. The van der Waals surface area contributed by atoms with Gasteiger partial charge in [-0.1, -0.05) is 6.07 Å². The molecule has 1 amide bonds. The molecular formula is C15H11N5O. The van der Waals surface area contributed by atoms with Gasteiger partial charge in [0.2, 0.25) is 6.41 Å². The second-order valence-electron chi connectivity index (χ2n) is 4.68. The number of hydrogen-bond donors (Lipinski definition) is 3. The van der Waals surface area contributed by atoms with Gasteiger partial charge in [-0.15, -0.1) is 0 Å². The molecule has 0 aliphatic heterocycles. The lowest BCUT2D eigenvalue weighted by atomic mass is 10.2. The Balaban J connectivity index is 1.89. The first-order chi connectivity index (χ1) is 10.3. The number of fused-ring (bicyclic) bond motifs is 2.